The minimum atomic E-state index is -0.801. The Morgan fingerprint density at radius 2 is 2.16 bits per heavy atom. The van der Waals surface area contributed by atoms with Gasteiger partial charge >= 0.3 is 11.9 Å². The molecule has 0 saturated heterocycles. The lowest BCUT2D eigenvalue weighted by molar-refractivity contribution is -0.146. The summed E-state index contributed by atoms with van der Waals surface area (Å²) in [4.78, 5) is 22.5. The number of hydrogen-bond acceptors (Lipinski definition) is 5. The molecule has 0 aromatic heterocycles. The molecule has 0 spiro atoms. The summed E-state index contributed by atoms with van der Waals surface area (Å²) in [6.07, 6.45) is 5.23. The lowest BCUT2D eigenvalue weighted by Gasteiger charge is -2.22. The molecule has 0 unspecified atom stereocenters. The van der Waals surface area contributed by atoms with Crippen LogP contribution in [0.1, 0.15) is 63.5 Å². The van der Waals surface area contributed by atoms with Crippen molar-refractivity contribution in [2.24, 2.45) is 11.8 Å². The minimum Gasteiger partial charge on any atom is -0.489 e. The fraction of sp³-hybridized carbons (Fsp3) is 0.538. The lowest BCUT2D eigenvalue weighted by atomic mass is 9.86. The SMILES string of the molecule is CC#CC[C@H](C)[C@@H](/C=C/[C@@H]1[C@H]2c3cccc(CCCC(=O)O)c3O[C@H]2C[C@H]1O)OC(C)=O. The summed E-state index contributed by atoms with van der Waals surface area (Å²) < 4.78 is 11.8. The molecule has 6 heteroatoms. The molecule has 6 atom stereocenters. The van der Waals surface area contributed by atoms with E-state index in [0.717, 1.165) is 16.9 Å². The molecular weight excluding hydrogens is 408 g/mol. The Bertz CT molecular complexity index is 924. The summed E-state index contributed by atoms with van der Waals surface area (Å²) in [6.45, 7) is 5.17. The summed E-state index contributed by atoms with van der Waals surface area (Å²) >= 11 is 0. The van der Waals surface area contributed by atoms with Crippen molar-refractivity contribution in [2.75, 3.05) is 0 Å². The average molecular weight is 441 g/mol. The van der Waals surface area contributed by atoms with Gasteiger partial charge in [-0.2, -0.15) is 0 Å². The fourth-order valence-corrected chi connectivity index (χ4v) is 4.75. The first-order valence-electron chi connectivity index (χ1n) is 11.2. The van der Waals surface area contributed by atoms with Gasteiger partial charge in [-0.3, -0.25) is 9.59 Å². The first-order chi connectivity index (χ1) is 15.3. The number of para-hydroxylation sites is 1. The number of rotatable bonds is 9. The van der Waals surface area contributed by atoms with Crippen LogP contribution in [0.3, 0.4) is 0 Å². The molecule has 1 aromatic rings. The number of carbonyl (C=O) groups excluding carboxylic acids is 1. The zero-order valence-electron chi connectivity index (χ0n) is 18.9. The lowest BCUT2D eigenvalue weighted by Crippen LogP contribution is -2.23. The van der Waals surface area contributed by atoms with E-state index in [1.165, 1.54) is 6.92 Å². The maximum atomic E-state index is 11.6. The van der Waals surface area contributed by atoms with Crippen molar-refractivity contribution in [1.29, 1.82) is 0 Å². The van der Waals surface area contributed by atoms with Gasteiger partial charge in [0.1, 0.15) is 18.0 Å². The van der Waals surface area contributed by atoms with E-state index >= 15 is 0 Å². The third kappa shape index (κ3) is 5.52. The van der Waals surface area contributed by atoms with Crippen LogP contribution in [-0.4, -0.2) is 40.5 Å². The topological polar surface area (TPSA) is 93.1 Å². The summed E-state index contributed by atoms with van der Waals surface area (Å²) in [5.41, 5.74) is 2.07. The molecule has 1 heterocycles. The largest absolute Gasteiger partial charge is 0.489 e. The molecule has 6 nitrogen and oxygen atoms in total. The van der Waals surface area contributed by atoms with E-state index in [1.54, 1.807) is 6.92 Å². The number of aliphatic hydroxyl groups is 1. The Hall–Kier alpha value is -2.78. The number of ether oxygens (including phenoxy) is 2. The highest BCUT2D eigenvalue weighted by Gasteiger charge is 2.49. The van der Waals surface area contributed by atoms with Gasteiger partial charge in [0, 0.05) is 49.5 Å². The molecule has 0 radical (unpaired) electrons. The van der Waals surface area contributed by atoms with Crippen LogP contribution < -0.4 is 4.74 Å². The number of carboxylic acid groups (broad SMARTS) is 1. The number of carboxylic acids is 1. The van der Waals surface area contributed by atoms with Crippen LogP contribution in [0.15, 0.2) is 30.4 Å². The molecule has 0 amide bonds. The quantitative estimate of drug-likeness (QED) is 0.344. The molecule has 172 valence electrons. The highest BCUT2D eigenvalue weighted by atomic mass is 16.5. The predicted octanol–water partition coefficient (Wildman–Crippen LogP) is 3.86. The Morgan fingerprint density at radius 3 is 2.84 bits per heavy atom. The molecule has 1 saturated carbocycles. The molecule has 1 aromatic carbocycles. The molecule has 2 aliphatic rings. The maximum absolute atomic E-state index is 11.6. The van der Waals surface area contributed by atoms with E-state index in [2.05, 4.69) is 11.8 Å². The maximum Gasteiger partial charge on any atom is 0.303 e. The van der Waals surface area contributed by atoms with Crippen LogP contribution >= 0.6 is 0 Å². The van der Waals surface area contributed by atoms with Crippen LogP contribution in [0.2, 0.25) is 0 Å². The highest BCUT2D eigenvalue weighted by molar-refractivity contribution is 5.67. The van der Waals surface area contributed by atoms with Gasteiger partial charge < -0.3 is 19.7 Å². The zero-order valence-corrected chi connectivity index (χ0v) is 18.9. The zero-order chi connectivity index (χ0) is 23.3. The molecule has 32 heavy (non-hydrogen) atoms. The number of benzene rings is 1. The standard InChI is InChI=1S/C26H32O6/c1-4-5-8-16(2)22(31-17(3)27)14-13-19-21(28)15-23-25(19)20-11-6-9-18(26(20)32-23)10-7-12-24(29)30/h6,9,11,13-14,16,19,21-23,25,28H,7-8,10,12,15H2,1-3H3,(H,29,30)/b14-13+/t16-,19-,21+,22+,23-,25-/m0/s1. The molecule has 2 N–H and O–H groups in total. The first kappa shape index (κ1) is 23.9. The monoisotopic (exact) mass is 440 g/mol. The second-order valence-corrected chi connectivity index (χ2v) is 8.71. The van der Waals surface area contributed by atoms with Crippen molar-refractivity contribution in [3.05, 3.63) is 41.5 Å². The van der Waals surface area contributed by atoms with Crippen LogP contribution in [-0.2, 0) is 20.7 Å². The van der Waals surface area contributed by atoms with Gasteiger partial charge in [-0.1, -0.05) is 31.2 Å². The third-order valence-corrected chi connectivity index (χ3v) is 6.31. The summed E-state index contributed by atoms with van der Waals surface area (Å²) in [7, 11) is 0. The molecule has 1 aliphatic heterocycles. The summed E-state index contributed by atoms with van der Waals surface area (Å²) in [5.74, 6) is 5.49. The molecule has 1 aliphatic carbocycles. The Morgan fingerprint density at radius 1 is 1.38 bits per heavy atom. The van der Waals surface area contributed by atoms with Crippen LogP contribution in [0.4, 0.5) is 0 Å². The van der Waals surface area contributed by atoms with E-state index in [4.69, 9.17) is 14.6 Å². The molecule has 0 bridgehead atoms. The van der Waals surface area contributed by atoms with Crippen molar-refractivity contribution < 1.29 is 29.3 Å². The van der Waals surface area contributed by atoms with Crippen LogP contribution in [0.25, 0.3) is 0 Å². The van der Waals surface area contributed by atoms with E-state index in [-0.39, 0.29) is 36.2 Å². The van der Waals surface area contributed by atoms with Gasteiger partial charge in [-0.25, -0.2) is 0 Å². The number of fused-ring (bicyclic) bond motifs is 3. The number of aliphatic carboxylic acids is 1. The first-order valence-corrected chi connectivity index (χ1v) is 11.2. The van der Waals surface area contributed by atoms with Gasteiger partial charge in [0.25, 0.3) is 0 Å². The number of aryl methyl sites for hydroxylation is 1. The number of carbonyl (C=O) groups is 2. The molecule has 1 fully saturated rings. The average Bonchev–Trinajstić information content (AvgIpc) is 3.24. The smallest absolute Gasteiger partial charge is 0.303 e. The van der Waals surface area contributed by atoms with Crippen molar-refractivity contribution in [3.8, 4) is 17.6 Å². The van der Waals surface area contributed by atoms with E-state index in [1.807, 2.05) is 37.3 Å². The van der Waals surface area contributed by atoms with Crippen LogP contribution in [0, 0.1) is 23.7 Å². The highest BCUT2D eigenvalue weighted by Crippen LogP contribution is 2.52. The number of hydrogen-bond donors (Lipinski definition) is 2. The van der Waals surface area contributed by atoms with Crippen molar-refractivity contribution >= 4 is 11.9 Å². The number of esters is 1. The normalized spacial score (nSPS) is 25.2. The van der Waals surface area contributed by atoms with E-state index in [9.17, 15) is 14.7 Å². The van der Waals surface area contributed by atoms with Gasteiger partial charge in [-0.15, -0.1) is 11.8 Å². The third-order valence-electron chi connectivity index (χ3n) is 6.31. The summed E-state index contributed by atoms with van der Waals surface area (Å²) in [5, 5.41) is 19.7. The van der Waals surface area contributed by atoms with Crippen molar-refractivity contribution in [2.45, 2.75) is 77.1 Å². The van der Waals surface area contributed by atoms with Gasteiger partial charge in [0.15, 0.2) is 0 Å². The number of aliphatic hydroxyl groups excluding tert-OH is 1. The van der Waals surface area contributed by atoms with E-state index in [0.29, 0.717) is 25.7 Å². The van der Waals surface area contributed by atoms with Gasteiger partial charge in [-0.05, 0) is 31.4 Å². The van der Waals surface area contributed by atoms with Crippen molar-refractivity contribution in [1.82, 2.24) is 0 Å². The van der Waals surface area contributed by atoms with Crippen molar-refractivity contribution in [3.63, 3.8) is 0 Å². The fourth-order valence-electron chi connectivity index (χ4n) is 4.75. The molecular formula is C26H32O6. The summed E-state index contributed by atoms with van der Waals surface area (Å²) in [6, 6.07) is 5.98. The minimum absolute atomic E-state index is 0.0133. The van der Waals surface area contributed by atoms with E-state index < -0.39 is 18.2 Å². The Balaban J connectivity index is 1.80. The van der Waals surface area contributed by atoms with Gasteiger partial charge in [0.05, 0.1) is 6.10 Å². The Kier molecular flexibility index (Phi) is 7.98. The Labute approximate surface area is 189 Å². The predicted molar refractivity (Wildman–Crippen MR) is 120 cm³/mol. The molecule has 3 rings (SSSR count). The van der Waals surface area contributed by atoms with Crippen LogP contribution in [0.5, 0.6) is 5.75 Å². The second-order valence-electron chi connectivity index (χ2n) is 8.71. The second kappa shape index (κ2) is 10.7. The van der Waals surface area contributed by atoms with Gasteiger partial charge in [0.2, 0.25) is 0 Å².